The Balaban J connectivity index is 1.79. The minimum absolute atomic E-state index is 0.0195. The van der Waals surface area contributed by atoms with Gasteiger partial charge in [0.2, 0.25) is 5.91 Å². The smallest absolute Gasteiger partial charge is 0.241 e. The fraction of sp³-hybridized carbons (Fsp3) is 0.688. The van der Waals surface area contributed by atoms with E-state index in [-0.39, 0.29) is 12.2 Å². The van der Waals surface area contributed by atoms with Gasteiger partial charge in [-0.2, -0.15) is 23.1 Å². The Hall–Kier alpha value is -0.520. The van der Waals surface area contributed by atoms with Crippen molar-refractivity contribution in [3.8, 4) is 0 Å². The monoisotopic (exact) mass is 324 g/mol. The van der Waals surface area contributed by atoms with Crippen LogP contribution in [-0.2, 0) is 4.79 Å². The van der Waals surface area contributed by atoms with Crippen molar-refractivity contribution in [2.75, 3.05) is 18.1 Å². The van der Waals surface area contributed by atoms with E-state index >= 15 is 0 Å². The molecule has 116 valence electrons. The highest BCUT2D eigenvalue weighted by molar-refractivity contribution is 7.99. The number of thioether (sulfide) groups is 1. The van der Waals surface area contributed by atoms with Gasteiger partial charge in [0.05, 0.1) is 6.04 Å². The molecule has 0 bridgehead atoms. The van der Waals surface area contributed by atoms with Gasteiger partial charge in [0.1, 0.15) is 6.17 Å². The summed E-state index contributed by atoms with van der Waals surface area (Å²) in [7, 11) is 0. The van der Waals surface area contributed by atoms with E-state index in [2.05, 4.69) is 40.9 Å². The van der Waals surface area contributed by atoms with Crippen LogP contribution in [0.1, 0.15) is 38.4 Å². The van der Waals surface area contributed by atoms with Gasteiger partial charge < -0.3 is 4.90 Å². The fourth-order valence-electron chi connectivity index (χ4n) is 3.19. The van der Waals surface area contributed by atoms with Gasteiger partial charge in [-0.1, -0.05) is 20.3 Å². The first-order valence-corrected chi connectivity index (χ1v) is 9.96. The summed E-state index contributed by atoms with van der Waals surface area (Å²) in [6.45, 7) is 5.25. The summed E-state index contributed by atoms with van der Waals surface area (Å²) in [6, 6.07) is 2.12. The van der Waals surface area contributed by atoms with E-state index in [1.807, 2.05) is 11.8 Å². The number of thiophene rings is 1. The molecule has 21 heavy (non-hydrogen) atoms. The lowest BCUT2D eigenvalue weighted by Crippen LogP contribution is -2.37. The van der Waals surface area contributed by atoms with Crippen molar-refractivity contribution < 1.29 is 4.79 Å². The largest absolute Gasteiger partial charge is 0.321 e. The van der Waals surface area contributed by atoms with Crippen molar-refractivity contribution in [2.24, 2.45) is 11.8 Å². The minimum Gasteiger partial charge on any atom is -0.321 e. The third kappa shape index (κ3) is 3.15. The molecule has 3 rings (SSSR count). The maximum absolute atomic E-state index is 12.9. The van der Waals surface area contributed by atoms with Gasteiger partial charge in [0, 0.05) is 6.54 Å². The van der Waals surface area contributed by atoms with Crippen molar-refractivity contribution in [1.29, 1.82) is 0 Å². The highest BCUT2D eigenvalue weighted by Crippen LogP contribution is 2.33. The van der Waals surface area contributed by atoms with Crippen molar-refractivity contribution in [1.82, 2.24) is 10.2 Å². The van der Waals surface area contributed by atoms with E-state index < -0.39 is 0 Å². The Morgan fingerprint density at radius 1 is 1.52 bits per heavy atom. The Morgan fingerprint density at radius 3 is 3.00 bits per heavy atom. The summed E-state index contributed by atoms with van der Waals surface area (Å²) in [5, 5.41) is 7.86. The molecule has 5 heteroatoms. The Labute approximate surface area is 135 Å². The molecular weight excluding hydrogens is 300 g/mol. The number of amides is 1. The standard InChI is InChI=1S/C16H24N2OS2/c1-3-11(2)14-16(19)18(8-12-4-6-20-9-12)15(17-14)13-5-7-21-10-13/h5,7,10-12,14-15,17H,3-4,6,8-9H2,1-2H3. The molecule has 0 saturated carbocycles. The molecule has 1 aromatic rings. The van der Waals surface area contributed by atoms with Gasteiger partial charge >= 0.3 is 0 Å². The third-order valence-corrected chi connectivity index (χ3v) is 6.68. The summed E-state index contributed by atoms with van der Waals surface area (Å²) in [5.41, 5.74) is 1.24. The first-order valence-electron chi connectivity index (χ1n) is 7.87. The average molecular weight is 325 g/mol. The zero-order chi connectivity index (χ0) is 14.8. The molecule has 0 spiro atoms. The normalized spacial score (nSPS) is 31.0. The highest BCUT2D eigenvalue weighted by Gasteiger charge is 2.42. The quantitative estimate of drug-likeness (QED) is 0.901. The van der Waals surface area contributed by atoms with Crippen LogP contribution in [0.15, 0.2) is 16.8 Å². The number of nitrogens with one attached hydrogen (secondary N) is 1. The molecule has 3 heterocycles. The summed E-state index contributed by atoms with van der Waals surface area (Å²) < 4.78 is 0. The summed E-state index contributed by atoms with van der Waals surface area (Å²) in [4.78, 5) is 15.0. The van der Waals surface area contributed by atoms with Gasteiger partial charge in [0.15, 0.2) is 0 Å². The second kappa shape index (κ2) is 6.71. The van der Waals surface area contributed by atoms with Crippen LogP contribution in [0.2, 0.25) is 0 Å². The molecular formula is C16H24N2OS2. The first kappa shape index (κ1) is 15.4. The zero-order valence-electron chi connectivity index (χ0n) is 12.7. The molecule has 3 nitrogen and oxygen atoms in total. The van der Waals surface area contributed by atoms with E-state index in [1.54, 1.807) is 11.3 Å². The molecule has 0 aromatic carbocycles. The van der Waals surface area contributed by atoms with Gasteiger partial charge in [-0.25, -0.2) is 0 Å². The van der Waals surface area contributed by atoms with E-state index in [9.17, 15) is 4.79 Å². The number of nitrogens with zero attached hydrogens (tertiary/aromatic N) is 1. The van der Waals surface area contributed by atoms with Crippen LogP contribution in [0.25, 0.3) is 0 Å². The van der Waals surface area contributed by atoms with Gasteiger partial charge in [-0.15, -0.1) is 0 Å². The molecule has 1 aromatic heterocycles. The molecule has 4 unspecified atom stereocenters. The molecule has 2 aliphatic rings. The van der Waals surface area contributed by atoms with Crippen molar-refractivity contribution in [3.05, 3.63) is 22.4 Å². The fourth-order valence-corrected chi connectivity index (χ4v) is 5.14. The summed E-state index contributed by atoms with van der Waals surface area (Å²) in [5.74, 6) is 3.81. The second-order valence-corrected chi connectivity index (χ2v) is 8.14. The lowest BCUT2D eigenvalue weighted by molar-refractivity contribution is -0.131. The molecule has 4 atom stereocenters. The zero-order valence-corrected chi connectivity index (χ0v) is 14.4. The van der Waals surface area contributed by atoms with Crippen LogP contribution < -0.4 is 5.32 Å². The number of rotatable bonds is 5. The Morgan fingerprint density at radius 2 is 2.38 bits per heavy atom. The van der Waals surface area contributed by atoms with Crippen molar-refractivity contribution in [3.63, 3.8) is 0 Å². The molecule has 2 saturated heterocycles. The predicted molar refractivity (Wildman–Crippen MR) is 90.6 cm³/mol. The highest BCUT2D eigenvalue weighted by atomic mass is 32.2. The maximum atomic E-state index is 12.9. The van der Waals surface area contributed by atoms with Gasteiger partial charge in [0.25, 0.3) is 0 Å². The molecule has 2 aliphatic heterocycles. The van der Waals surface area contributed by atoms with Crippen LogP contribution >= 0.6 is 23.1 Å². The lowest BCUT2D eigenvalue weighted by atomic mass is 9.99. The average Bonchev–Trinajstić information content (AvgIpc) is 3.21. The Bertz CT molecular complexity index is 471. The Kier molecular flexibility index (Phi) is 4.92. The number of hydrogen-bond acceptors (Lipinski definition) is 4. The topological polar surface area (TPSA) is 32.3 Å². The van der Waals surface area contributed by atoms with Crippen LogP contribution in [0.5, 0.6) is 0 Å². The molecule has 2 fully saturated rings. The lowest BCUT2D eigenvalue weighted by Gasteiger charge is -2.26. The van der Waals surface area contributed by atoms with Crippen LogP contribution in [0.4, 0.5) is 0 Å². The number of carbonyl (C=O) groups is 1. The predicted octanol–water partition coefficient (Wildman–Crippen LogP) is 3.35. The van der Waals surface area contributed by atoms with Gasteiger partial charge in [-0.05, 0) is 52.2 Å². The number of carbonyl (C=O) groups excluding carboxylic acids is 1. The summed E-state index contributed by atoms with van der Waals surface area (Å²) >= 11 is 3.73. The van der Waals surface area contributed by atoms with Crippen LogP contribution in [0.3, 0.4) is 0 Å². The summed E-state index contributed by atoms with van der Waals surface area (Å²) in [6.07, 6.45) is 2.36. The molecule has 0 aliphatic carbocycles. The minimum atomic E-state index is -0.0195. The molecule has 1 amide bonds. The van der Waals surface area contributed by atoms with Crippen molar-refractivity contribution in [2.45, 2.75) is 38.9 Å². The first-order chi connectivity index (χ1) is 10.2. The molecule has 0 radical (unpaired) electrons. The maximum Gasteiger partial charge on any atom is 0.241 e. The van der Waals surface area contributed by atoms with Gasteiger partial charge in [-0.3, -0.25) is 10.1 Å². The van der Waals surface area contributed by atoms with Crippen molar-refractivity contribution >= 4 is 29.0 Å². The molecule has 1 N–H and O–H groups in total. The third-order valence-electron chi connectivity index (χ3n) is 4.75. The van der Waals surface area contributed by atoms with Crippen LogP contribution in [-0.4, -0.2) is 34.9 Å². The SMILES string of the molecule is CCC(C)C1NC(c2ccsc2)N(CC2CCSC2)C1=O. The van der Waals surface area contributed by atoms with E-state index in [4.69, 9.17) is 0 Å². The number of hydrogen-bond donors (Lipinski definition) is 1. The van der Waals surface area contributed by atoms with E-state index in [0.717, 1.165) is 13.0 Å². The van der Waals surface area contributed by atoms with E-state index in [0.29, 0.717) is 17.7 Å². The second-order valence-electron chi connectivity index (χ2n) is 6.21. The van der Waals surface area contributed by atoms with E-state index in [1.165, 1.54) is 23.5 Å². The van der Waals surface area contributed by atoms with Crippen LogP contribution in [0, 0.1) is 11.8 Å².